The number of carboxylic acids is 3. The quantitative estimate of drug-likeness (QED) is 0.0632. The van der Waals surface area contributed by atoms with E-state index in [9.17, 15) is 43.2 Å². The number of aliphatic carboxylic acids is 3. The number of hydroxylamine groups is 4. The van der Waals surface area contributed by atoms with Crippen LogP contribution in [0.3, 0.4) is 0 Å². The van der Waals surface area contributed by atoms with Crippen LogP contribution in [0.2, 0.25) is 0 Å². The molecule has 0 saturated carbocycles. The summed E-state index contributed by atoms with van der Waals surface area (Å²) in [6, 6.07) is 16.7. The van der Waals surface area contributed by atoms with Crippen molar-refractivity contribution in [3.63, 3.8) is 0 Å². The first-order valence-corrected chi connectivity index (χ1v) is 21.4. The number of carbonyl (C=O) groups excluding carboxylic acids is 6. The molecular weight excluding hydrogens is 1560 g/mol. The molecule has 0 bridgehead atoms. The number of rotatable bonds is 15. The fourth-order valence-electron chi connectivity index (χ4n) is 3.75. The minimum Gasteiger partial charge on any atom is -0.664 e. The van der Waals surface area contributed by atoms with E-state index in [0.717, 1.165) is 11.1 Å². The summed E-state index contributed by atoms with van der Waals surface area (Å²) in [5.41, 5.74) is 24.6. The molecule has 2 aromatic rings. The Morgan fingerprint density at radius 2 is 1.00 bits per heavy atom. The molecule has 0 spiro atoms. The van der Waals surface area contributed by atoms with E-state index in [4.69, 9.17) is 52.9 Å². The topological polar surface area (TPSA) is 378 Å². The van der Waals surface area contributed by atoms with Crippen molar-refractivity contribution < 1.29 is 141 Å². The maximum atomic E-state index is 11.6. The number of carboxylic acid groups (broad SMARTS) is 3. The zero-order valence-electron chi connectivity index (χ0n) is 38.1. The number of ether oxygens (including phenoxy) is 2. The fourth-order valence-corrected chi connectivity index (χ4v) is 3.75. The van der Waals surface area contributed by atoms with E-state index >= 15 is 0 Å². The van der Waals surface area contributed by atoms with E-state index in [2.05, 4.69) is 32.7 Å². The predicted octanol–water partition coefficient (Wildman–Crippen LogP) is 4.11. The van der Waals surface area contributed by atoms with Gasteiger partial charge in [-0.2, -0.15) is 5.06 Å². The maximum Gasteiger partial charge on any atom is 0.328 e. The Labute approximate surface area is 451 Å². The molecule has 0 radical (unpaired) electrons. The van der Waals surface area contributed by atoms with Crippen LogP contribution in [-0.2, 0) is 134 Å². The fraction of sp³-hybridized carbons (Fsp3) is 0.488. The monoisotopic (exact) mass is 1620 g/mol. The Bertz CT molecular complexity index is 1840. The van der Waals surface area contributed by atoms with E-state index < -0.39 is 82.1 Å². The van der Waals surface area contributed by atoms with Gasteiger partial charge in [0.05, 0.1) is 26.4 Å². The summed E-state index contributed by atoms with van der Waals surface area (Å²) in [5.74, 6) is -6.96. The Kier molecular flexibility index (Phi) is 40.5. The van der Waals surface area contributed by atoms with Gasteiger partial charge in [0, 0.05) is 88.9 Å². The molecular formula is C41H59IN7O16Pt3-3. The van der Waals surface area contributed by atoms with Crippen LogP contribution >= 0.6 is 22.6 Å². The molecule has 23 nitrogen and oxygen atoms in total. The average molecular weight is 1620 g/mol. The summed E-state index contributed by atoms with van der Waals surface area (Å²) < 4.78 is 10.4. The second kappa shape index (κ2) is 37.4. The molecule has 2 heterocycles. The van der Waals surface area contributed by atoms with Crippen molar-refractivity contribution in [1.29, 1.82) is 0 Å². The number of nitrogens with one attached hydrogen (secondary N) is 4. The molecule has 4 rings (SSSR count). The summed E-state index contributed by atoms with van der Waals surface area (Å²) in [5, 5.41) is 36.9. The molecule has 2 fully saturated rings. The first kappa shape index (κ1) is 73.5. The normalized spacial score (nSPS) is 13.5. The van der Waals surface area contributed by atoms with Gasteiger partial charge in [-0.3, -0.25) is 43.6 Å². The van der Waals surface area contributed by atoms with E-state index in [-0.39, 0.29) is 114 Å². The number of nitrogens with zero attached hydrogens (tertiary/aromatic N) is 2. The van der Waals surface area contributed by atoms with Crippen LogP contribution in [0.5, 0.6) is 0 Å². The Balaban J connectivity index is -0.000000248. The molecule has 68 heavy (non-hydrogen) atoms. The van der Waals surface area contributed by atoms with Crippen molar-refractivity contribution in [3.05, 3.63) is 89.0 Å². The number of benzene rings is 2. The third kappa shape index (κ3) is 33.2. The van der Waals surface area contributed by atoms with Crippen molar-refractivity contribution in [1.82, 2.24) is 15.4 Å². The standard InChI is InChI=1S/C14H19N2O4.C10H13NO3.C8H11N2O4.C4H5NO3.C4H8NO2.CH3I.3Pt/c1-14(2,15)13(19)16-11(12(17)18)9-20-8-10-6-4-3-5-7-10;11-9(10(12)13)7-14-6-8-4-2-1-3-5-8;1-8(2,9)7(13)14-10-5(11)3-4-6(10)12;6-3-1-2-4(7)5(3)8;1-4(2,5)3(6)7;1-2;;;/h3-7,11,15H,8-9H2,1-2H3,(H,16,19)(H,17,18);1-5,9H,6-7,11H2,(H,12,13);9H,3-4H2,1-2H3;8H,1-2H2;5H,1-2H3,(H,6,7);1H3;;;/q-1;;-1;;-1;;;;/t11-;9-;;;;;;;/m11......./s1. The average Bonchev–Trinajstić information content (AvgIpc) is 3.71. The second-order valence-corrected chi connectivity index (χ2v) is 15.1. The largest absolute Gasteiger partial charge is 0.664 e. The van der Waals surface area contributed by atoms with Crippen LogP contribution < -0.4 is 11.1 Å². The van der Waals surface area contributed by atoms with Crippen molar-refractivity contribution in [2.45, 2.75) is 109 Å². The number of imide groups is 2. The van der Waals surface area contributed by atoms with Gasteiger partial charge in [0.25, 0.3) is 29.6 Å². The summed E-state index contributed by atoms with van der Waals surface area (Å²) in [6.45, 7) is 8.63. The van der Waals surface area contributed by atoms with Gasteiger partial charge in [-0.05, 0) is 27.1 Å². The third-order valence-electron chi connectivity index (χ3n) is 7.54. The van der Waals surface area contributed by atoms with Crippen LogP contribution in [0.4, 0.5) is 0 Å². The third-order valence-corrected chi connectivity index (χ3v) is 7.54. The number of hydrogen-bond acceptors (Lipinski definition) is 14. The van der Waals surface area contributed by atoms with Gasteiger partial charge in [0.15, 0.2) is 6.04 Å². The van der Waals surface area contributed by atoms with Crippen molar-refractivity contribution >= 4 is 76.0 Å². The Morgan fingerprint density at radius 3 is 1.28 bits per heavy atom. The van der Waals surface area contributed by atoms with Gasteiger partial charge < -0.3 is 57.9 Å². The van der Waals surface area contributed by atoms with E-state index in [1.807, 2.05) is 65.6 Å². The zero-order chi connectivity index (χ0) is 50.7. The molecule has 394 valence electrons. The molecule has 2 atom stereocenters. The van der Waals surface area contributed by atoms with E-state index in [1.165, 1.54) is 41.5 Å². The number of amides is 5. The van der Waals surface area contributed by atoms with Crippen molar-refractivity contribution in [2.24, 2.45) is 5.73 Å². The van der Waals surface area contributed by atoms with Gasteiger partial charge >= 0.3 is 17.9 Å². The molecule has 0 unspecified atom stereocenters. The number of nitrogens with two attached hydrogens (primary N) is 1. The summed E-state index contributed by atoms with van der Waals surface area (Å²) in [4.78, 5) is 103. The molecule has 2 aliphatic rings. The van der Waals surface area contributed by atoms with Crippen molar-refractivity contribution in [2.75, 3.05) is 18.1 Å². The van der Waals surface area contributed by atoms with E-state index in [0.29, 0.717) is 11.7 Å². The Morgan fingerprint density at radius 1 is 0.647 bits per heavy atom. The SMILES string of the molecule is CC(C)([NH-])C(=O)N[C@H](COCc1ccccc1)C(=O)O.CC(C)([NH-])C(=O)O.CC(C)([NH-])C(=O)ON1C(=O)CCC1=O.CI.N[C@H](COCc1ccccc1)C(=O)O.O=C1CCC(=O)N1O.[Pt].[Pt].[Pt]. The van der Waals surface area contributed by atoms with Crippen molar-refractivity contribution in [3.8, 4) is 0 Å². The predicted molar refractivity (Wildman–Crippen MR) is 240 cm³/mol. The molecule has 27 heteroatoms. The van der Waals surface area contributed by atoms with Crippen LogP contribution in [-0.4, -0.2) is 131 Å². The number of hydrogen-bond donors (Lipinski definition) is 6. The van der Waals surface area contributed by atoms with Crippen LogP contribution in [0, 0.1) is 0 Å². The first-order valence-electron chi connectivity index (χ1n) is 19.2. The van der Waals surface area contributed by atoms with Crippen LogP contribution in [0.1, 0.15) is 78.4 Å². The Hall–Kier alpha value is -3.42. The molecule has 2 aliphatic heterocycles. The van der Waals surface area contributed by atoms with Gasteiger partial charge in [-0.25, -0.2) is 4.79 Å². The summed E-state index contributed by atoms with van der Waals surface area (Å²) in [6.07, 6.45) is 0.416. The summed E-state index contributed by atoms with van der Waals surface area (Å²) in [7, 11) is 0. The number of carbonyl (C=O) groups is 9. The van der Waals surface area contributed by atoms with Gasteiger partial charge in [-0.1, -0.05) is 130 Å². The minimum absolute atomic E-state index is 0. The molecule has 5 amide bonds. The minimum atomic E-state index is -1.47. The zero-order valence-corrected chi connectivity index (χ0v) is 47.0. The smallest absolute Gasteiger partial charge is 0.328 e. The van der Waals surface area contributed by atoms with Gasteiger partial charge in [0.1, 0.15) is 6.04 Å². The number of alkyl halides is 1. The molecule has 10 N–H and O–H groups in total. The molecule has 0 aromatic heterocycles. The molecule has 2 aromatic carbocycles. The maximum absolute atomic E-state index is 11.6. The first-order chi connectivity index (χ1) is 30.0. The molecule has 2 saturated heterocycles. The van der Waals surface area contributed by atoms with E-state index in [1.54, 1.807) is 0 Å². The second-order valence-electron chi connectivity index (χ2n) is 15.1. The number of halogens is 1. The van der Waals surface area contributed by atoms with Gasteiger partial charge in [-0.15, -0.1) is 5.06 Å². The van der Waals surface area contributed by atoms with Crippen LogP contribution in [0.25, 0.3) is 17.2 Å². The summed E-state index contributed by atoms with van der Waals surface area (Å²) >= 11 is 2.15. The van der Waals surface area contributed by atoms with Crippen LogP contribution in [0.15, 0.2) is 60.7 Å². The molecule has 0 aliphatic carbocycles. The van der Waals surface area contributed by atoms with Gasteiger partial charge in [0.2, 0.25) is 5.91 Å².